The van der Waals surface area contributed by atoms with Crippen LogP contribution in [0.2, 0.25) is 0 Å². The number of ether oxygens (including phenoxy) is 3. The van der Waals surface area contributed by atoms with E-state index in [0.717, 1.165) is 44.1 Å². The minimum atomic E-state index is -0.821. The van der Waals surface area contributed by atoms with E-state index in [1.165, 1.54) is 23.6 Å². The molecule has 2 unspecified atom stereocenters. The maximum Gasteiger partial charge on any atom is 0.328 e. The van der Waals surface area contributed by atoms with Crippen LogP contribution in [0, 0.1) is 23.1 Å². The highest BCUT2D eigenvalue weighted by atomic mass is 19.1. The van der Waals surface area contributed by atoms with Crippen LogP contribution in [-0.4, -0.2) is 56.3 Å². The van der Waals surface area contributed by atoms with Crippen LogP contribution in [0.3, 0.4) is 0 Å². The fourth-order valence-electron chi connectivity index (χ4n) is 6.34. The molecule has 1 aliphatic heterocycles. The third kappa shape index (κ3) is 5.17. The average Bonchev–Trinajstić information content (AvgIpc) is 3.63. The van der Waals surface area contributed by atoms with E-state index in [1.54, 1.807) is 13.2 Å². The highest BCUT2D eigenvalue weighted by Crippen LogP contribution is 2.48. The van der Waals surface area contributed by atoms with Gasteiger partial charge < -0.3 is 19.1 Å². The van der Waals surface area contributed by atoms with Crippen LogP contribution in [0.5, 0.6) is 5.75 Å². The maximum absolute atomic E-state index is 15.5. The molecule has 1 heterocycles. The molecule has 0 bridgehead atoms. The SMILES string of the molecule is C=C1CC(C)CC(CC)(COc2cc(F)c(C(=O)N3C[C@@H](OC)[C@H](C)[C@H]3C(=O)OC)cc2C2CC2)C1. The molecule has 2 saturated carbocycles. The number of hydrogen-bond donors (Lipinski definition) is 0. The molecule has 4 rings (SSSR count). The molecule has 198 valence electrons. The average molecular weight is 502 g/mol. The van der Waals surface area contributed by atoms with Gasteiger partial charge in [0.25, 0.3) is 5.91 Å². The summed E-state index contributed by atoms with van der Waals surface area (Å²) in [5.41, 5.74) is 2.09. The zero-order chi connectivity index (χ0) is 26.2. The summed E-state index contributed by atoms with van der Waals surface area (Å²) in [6.45, 7) is 11.2. The summed E-state index contributed by atoms with van der Waals surface area (Å²) in [5, 5.41) is 0. The summed E-state index contributed by atoms with van der Waals surface area (Å²) >= 11 is 0. The first kappa shape index (κ1) is 26.6. The molecule has 7 heteroatoms. The number of nitrogens with zero attached hydrogens (tertiary/aromatic N) is 1. The van der Waals surface area contributed by atoms with Crippen molar-refractivity contribution in [3.63, 3.8) is 0 Å². The molecule has 36 heavy (non-hydrogen) atoms. The van der Waals surface area contributed by atoms with Crippen LogP contribution in [0.4, 0.5) is 4.39 Å². The first-order chi connectivity index (χ1) is 17.1. The van der Waals surface area contributed by atoms with Crippen molar-refractivity contribution in [3.05, 3.63) is 41.2 Å². The molecule has 1 aromatic rings. The number of benzene rings is 1. The van der Waals surface area contributed by atoms with Crippen LogP contribution in [0.25, 0.3) is 0 Å². The van der Waals surface area contributed by atoms with Gasteiger partial charge in [-0.1, -0.05) is 32.9 Å². The number of allylic oxidation sites excluding steroid dienone is 1. The van der Waals surface area contributed by atoms with E-state index in [9.17, 15) is 9.59 Å². The zero-order valence-electron chi connectivity index (χ0n) is 22.3. The predicted octanol–water partition coefficient (Wildman–Crippen LogP) is 5.50. The Morgan fingerprint density at radius 2 is 1.94 bits per heavy atom. The molecule has 3 fully saturated rings. The van der Waals surface area contributed by atoms with Gasteiger partial charge in [0.2, 0.25) is 0 Å². The van der Waals surface area contributed by atoms with E-state index in [-0.39, 0.29) is 35.5 Å². The van der Waals surface area contributed by atoms with Crippen molar-refractivity contribution in [2.75, 3.05) is 27.4 Å². The fourth-order valence-corrected chi connectivity index (χ4v) is 6.34. The Bertz CT molecular complexity index is 1020. The van der Waals surface area contributed by atoms with Crippen molar-refractivity contribution in [3.8, 4) is 5.75 Å². The molecular formula is C29H40FNO5. The van der Waals surface area contributed by atoms with E-state index in [1.807, 2.05) is 6.92 Å². The smallest absolute Gasteiger partial charge is 0.328 e. The largest absolute Gasteiger partial charge is 0.493 e. The summed E-state index contributed by atoms with van der Waals surface area (Å²) in [6, 6.07) is 2.19. The number of likely N-dealkylation sites (tertiary alicyclic amines) is 1. The number of carbonyl (C=O) groups is 2. The van der Waals surface area contributed by atoms with E-state index < -0.39 is 23.7 Å². The Morgan fingerprint density at radius 3 is 2.53 bits per heavy atom. The summed E-state index contributed by atoms with van der Waals surface area (Å²) in [6.07, 6.45) is 5.64. The lowest BCUT2D eigenvalue weighted by atomic mass is 9.67. The number of rotatable bonds is 8. The van der Waals surface area contributed by atoms with E-state index >= 15 is 4.39 Å². The molecule has 0 N–H and O–H groups in total. The van der Waals surface area contributed by atoms with Gasteiger partial charge in [-0.3, -0.25) is 4.79 Å². The van der Waals surface area contributed by atoms with Gasteiger partial charge >= 0.3 is 5.97 Å². The van der Waals surface area contributed by atoms with E-state index in [2.05, 4.69) is 20.4 Å². The number of carbonyl (C=O) groups excluding carboxylic acids is 2. The second-order valence-corrected chi connectivity index (χ2v) is 11.3. The lowest BCUT2D eigenvalue weighted by Gasteiger charge is -2.40. The van der Waals surface area contributed by atoms with Gasteiger partial charge in [0.1, 0.15) is 17.6 Å². The van der Waals surface area contributed by atoms with Crippen LogP contribution >= 0.6 is 0 Å². The molecule has 1 saturated heterocycles. The Balaban J connectivity index is 1.60. The van der Waals surface area contributed by atoms with E-state index in [0.29, 0.717) is 18.3 Å². The molecule has 1 amide bonds. The molecule has 5 atom stereocenters. The highest BCUT2D eigenvalue weighted by Gasteiger charge is 2.47. The second kappa shape index (κ2) is 10.5. The number of methoxy groups -OCH3 is 2. The monoisotopic (exact) mass is 501 g/mol. The molecule has 3 aliphatic rings. The molecule has 0 radical (unpaired) electrons. The third-order valence-electron chi connectivity index (χ3n) is 8.48. The number of amides is 1. The summed E-state index contributed by atoms with van der Waals surface area (Å²) in [5.74, 6) is -0.614. The third-order valence-corrected chi connectivity index (χ3v) is 8.48. The minimum absolute atomic E-state index is 0.00483. The Labute approximate surface area is 214 Å². The first-order valence-electron chi connectivity index (χ1n) is 13.2. The summed E-state index contributed by atoms with van der Waals surface area (Å²) in [7, 11) is 2.84. The van der Waals surface area contributed by atoms with Gasteiger partial charge in [-0.2, -0.15) is 0 Å². The van der Waals surface area contributed by atoms with Crippen LogP contribution in [0.1, 0.15) is 81.1 Å². The van der Waals surface area contributed by atoms with Crippen LogP contribution in [0.15, 0.2) is 24.3 Å². The molecule has 0 spiro atoms. The molecular weight excluding hydrogens is 461 g/mol. The van der Waals surface area contributed by atoms with Gasteiger partial charge in [0, 0.05) is 31.1 Å². The minimum Gasteiger partial charge on any atom is -0.493 e. The first-order valence-corrected chi connectivity index (χ1v) is 13.2. The van der Waals surface area contributed by atoms with Crippen LogP contribution < -0.4 is 4.74 Å². The lowest BCUT2D eigenvalue weighted by Crippen LogP contribution is -2.43. The molecule has 0 aromatic heterocycles. The van der Waals surface area contributed by atoms with E-state index in [4.69, 9.17) is 14.2 Å². The number of hydrogen-bond acceptors (Lipinski definition) is 5. The van der Waals surface area contributed by atoms with Gasteiger partial charge in [-0.05, 0) is 62.0 Å². The van der Waals surface area contributed by atoms with Crippen molar-refractivity contribution in [1.29, 1.82) is 0 Å². The Morgan fingerprint density at radius 1 is 1.22 bits per heavy atom. The predicted molar refractivity (Wildman–Crippen MR) is 136 cm³/mol. The lowest BCUT2D eigenvalue weighted by molar-refractivity contribution is -0.146. The highest BCUT2D eigenvalue weighted by molar-refractivity contribution is 5.98. The van der Waals surface area contributed by atoms with Gasteiger partial charge in [-0.15, -0.1) is 0 Å². The number of halogens is 1. The standard InChI is InChI=1S/C29H40FNO5/c1-7-29(13-17(2)10-18(3)14-29)16-36-24-12-23(30)22(11-21(24)20-8-9-20)27(32)31-15-25(34-5)19(4)26(31)28(33)35-6/h11-12,18-20,25-26H,2,7-10,13-16H2,1,3-6H3/t18?,19-,25+,26-,29?/m0/s1. The Kier molecular flexibility index (Phi) is 7.79. The molecule has 2 aliphatic carbocycles. The maximum atomic E-state index is 15.5. The van der Waals surface area contributed by atoms with Gasteiger partial charge in [0.15, 0.2) is 0 Å². The fraction of sp³-hybridized carbons (Fsp3) is 0.655. The summed E-state index contributed by atoms with van der Waals surface area (Å²) in [4.78, 5) is 27.5. The summed E-state index contributed by atoms with van der Waals surface area (Å²) < 4.78 is 32.3. The van der Waals surface area contributed by atoms with Crippen LogP contribution in [-0.2, 0) is 14.3 Å². The number of esters is 1. The normalized spacial score (nSPS) is 30.4. The zero-order valence-corrected chi connectivity index (χ0v) is 22.3. The van der Waals surface area contributed by atoms with Gasteiger partial charge in [-0.25, -0.2) is 9.18 Å². The second-order valence-electron chi connectivity index (χ2n) is 11.3. The molecule has 1 aromatic carbocycles. The van der Waals surface area contributed by atoms with Crippen molar-refractivity contribution in [2.45, 2.75) is 77.4 Å². The Hall–Kier alpha value is -2.41. The van der Waals surface area contributed by atoms with Crippen molar-refractivity contribution >= 4 is 11.9 Å². The quantitative estimate of drug-likeness (QED) is 0.348. The van der Waals surface area contributed by atoms with Crippen molar-refractivity contribution in [1.82, 2.24) is 4.90 Å². The van der Waals surface area contributed by atoms with Crippen molar-refractivity contribution in [2.24, 2.45) is 17.3 Å². The molecule has 6 nitrogen and oxygen atoms in total. The van der Waals surface area contributed by atoms with Crippen molar-refractivity contribution < 1.29 is 28.2 Å². The topological polar surface area (TPSA) is 65.1 Å². The van der Waals surface area contributed by atoms with Gasteiger partial charge in [0.05, 0.1) is 25.4 Å².